The van der Waals surface area contributed by atoms with Gasteiger partial charge in [-0.25, -0.2) is 9.59 Å². The Labute approximate surface area is 177 Å². The van der Waals surface area contributed by atoms with Gasteiger partial charge >= 0.3 is 18.0 Å². The number of amides is 2. The number of urea groups is 1. The zero-order chi connectivity index (χ0) is 23.0. The maximum atomic E-state index is 12.6. The average molecular weight is 440 g/mol. The summed E-state index contributed by atoms with van der Waals surface area (Å²) in [5.41, 5.74) is 16.6. The monoisotopic (exact) mass is 440 g/mol. The van der Waals surface area contributed by atoms with E-state index in [0.717, 1.165) is 0 Å². The van der Waals surface area contributed by atoms with Crippen molar-refractivity contribution in [2.24, 2.45) is 22.2 Å². The lowest BCUT2D eigenvalue weighted by molar-refractivity contribution is -0.141. The number of aliphatic carboxylic acids is 2. The molecule has 0 radical (unpaired) electrons. The lowest BCUT2D eigenvalue weighted by atomic mass is 10.1. The minimum atomic E-state index is -1.10. The second-order valence-electron chi connectivity index (χ2n) is 7.17. The molecule has 1 aliphatic heterocycles. The van der Waals surface area contributed by atoms with Gasteiger partial charge in [-0.3, -0.25) is 9.79 Å². The first-order chi connectivity index (χ1) is 14.7. The van der Waals surface area contributed by atoms with Crippen molar-refractivity contribution in [3.05, 3.63) is 11.7 Å². The molecule has 2 amide bonds. The van der Waals surface area contributed by atoms with Crippen molar-refractivity contribution in [1.82, 2.24) is 20.4 Å². The first kappa shape index (κ1) is 23.9. The summed E-state index contributed by atoms with van der Waals surface area (Å²) in [6.45, 7) is 0.669. The van der Waals surface area contributed by atoms with E-state index in [1.54, 1.807) is 0 Å². The standard InChI is InChI=1S/C17H28N8O6/c18-9(3-1-7-21-16(19)20)13-23-14(31-24-13)10(5-6-12(26)27)22-17(30)25-8-2-4-11(25)15(28)29/h9-11H,1-8,18H2,(H,22,30)(H,26,27)(H,28,29)(H4,19,20,21)/t9-,10-,11?/m0/s1. The third kappa shape index (κ3) is 7.09. The number of aromatic nitrogens is 2. The molecule has 1 aromatic rings. The molecule has 2 rings (SSSR count). The smallest absolute Gasteiger partial charge is 0.326 e. The Morgan fingerprint density at radius 3 is 2.68 bits per heavy atom. The zero-order valence-corrected chi connectivity index (χ0v) is 16.9. The first-order valence-electron chi connectivity index (χ1n) is 9.85. The molecule has 14 nitrogen and oxygen atoms in total. The van der Waals surface area contributed by atoms with E-state index in [9.17, 15) is 19.5 Å². The van der Waals surface area contributed by atoms with Crippen molar-refractivity contribution in [1.29, 1.82) is 0 Å². The Balaban J connectivity index is 2.06. The predicted octanol–water partition coefficient (Wildman–Crippen LogP) is -0.712. The highest BCUT2D eigenvalue weighted by atomic mass is 16.5. The van der Waals surface area contributed by atoms with E-state index in [0.29, 0.717) is 32.2 Å². The Hall–Kier alpha value is -3.42. The Kier molecular flexibility index (Phi) is 8.54. The maximum absolute atomic E-state index is 12.6. The fraction of sp³-hybridized carbons (Fsp3) is 0.647. The molecule has 9 N–H and O–H groups in total. The van der Waals surface area contributed by atoms with Crippen LogP contribution in [0.15, 0.2) is 9.52 Å². The second-order valence-corrected chi connectivity index (χ2v) is 7.17. The third-order valence-electron chi connectivity index (χ3n) is 4.80. The van der Waals surface area contributed by atoms with Crippen LogP contribution in [-0.4, -0.2) is 68.3 Å². The van der Waals surface area contributed by atoms with Crippen molar-refractivity contribution in [3.8, 4) is 0 Å². The summed E-state index contributed by atoms with van der Waals surface area (Å²) >= 11 is 0. The maximum Gasteiger partial charge on any atom is 0.326 e. The second kappa shape index (κ2) is 11.1. The fourth-order valence-corrected chi connectivity index (χ4v) is 3.21. The van der Waals surface area contributed by atoms with Crippen LogP contribution in [0.3, 0.4) is 0 Å². The molecule has 1 aliphatic rings. The van der Waals surface area contributed by atoms with Crippen LogP contribution in [0.1, 0.15) is 62.3 Å². The van der Waals surface area contributed by atoms with Gasteiger partial charge in [0.25, 0.3) is 0 Å². The lowest BCUT2D eigenvalue weighted by Gasteiger charge is -2.24. The molecular formula is C17H28N8O6. The molecule has 0 aliphatic carbocycles. The summed E-state index contributed by atoms with van der Waals surface area (Å²) in [5.74, 6) is -1.99. The summed E-state index contributed by atoms with van der Waals surface area (Å²) < 4.78 is 5.21. The first-order valence-corrected chi connectivity index (χ1v) is 9.85. The number of carboxylic acid groups (broad SMARTS) is 2. The number of hydrogen-bond acceptors (Lipinski definition) is 8. The summed E-state index contributed by atoms with van der Waals surface area (Å²) in [4.78, 5) is 44.2. The third-order valence-corrected chi connectivity index (χ3v) is 4.80. The molecular weight excluding hydrogens is 412 g/mol. The van der Waals surface area contributed by atoms with Crippen LogP contribution in [0, 0.1) is 0 Å². The number of likely N-dealkylation sites (tertiary alicyclic amines) is 1. The van der Waals surface area contributed by atoms with Crippen molar-refractivity contribution < 1.29 is 29.1 Å². The van der Waals surface area contributed by atoms with Crippen molar-refractivity contribution in [2.45, 2.75) is 56.7 Å². The Bertz CT molecular complexity index is 808. The molecule has 1 unspecified atom stereocenters. The Morgan fingerprint density at radius 2 is 2.03 bits per heavy atom. The van der Waals surface area contributed by atoms with E-state index in [4.69, 9.17) is 26.8 Å². The number of rotatable bonds is 11. The van der Waals surface area contributed by atoms with E-state index in [1.165, 1.54) is 4.90 Å². The number of carbonyl (C=O) groups excluding carboxylic acids is 1. The highest BCUT2D eigenvalue weighted by Crippen LogP contribution is 2.23. The number of nitrogens with two attached hydrogens (primary N) is 3. The van der Waals surface area contributed by atoms with Crippen LogP contribution in [-0.2, 0) is 9.59 Å². The molecule has 1 aromatic heterocycles. The molecule has 0 bridgehead atoms. The Morgan fingerprint density at radius 1 is 1.29 bits per heavy atom. The highest BCUT2D eigenvalue weighted by molar-refractivity contribution is 5.83. The molecule has 2 heterocycles. The molecule has 1 fully saturated rings. The minimum absolute atomic E-state index is 0.00431. The van der Waals surface area contributed by atoms with E-state index >= 15 is 0 Å². The summed E-state index contributed by atoms with van der Waals surface area (Å²) in [6.07, 6.45) is 1.67. The van der Waals surface area contributed by atoms with Gasteiger partial charge in [0.15, 0.2) is 11.8 Å². The summed E-state index contributed by atoms with van der Waals surface area (Å²) in [7, 11) is 0. The van der Waals surface area contributed by atoms with Gasteiger partial charge in [-0.15, -0.1) is 0 Å². The normalized spacial score (nSPS) is 17.7. The number of hydrogen-bond donors (Lipinski definition) is 6. The molecule has 0 saturated carbocycles. The molecule has 1 saturated heterocycles. The summed E-state index contributed by atoms with van der Waals surface area (Å²) in [5, 5.41) is 24.7. The van der Waals surface area contributed by atoms with Gasteiger partial charge in [-0.05, 0) is 32.1 Å². The van der Waals surface area contributed by atoms with Gasteiger partial charge < -0.3 is 42.2 Å². The predicted molar refractivity (Wildman–Crippen MR) is 107 cm³/mol. The lowest BCUT2D eigenvalue weighted by Crippen LogP contribution is -2.47. The number of aliphatic imine (C=N–C) groups is 1. The SMILES string of the molecule is NC(N)=NCCC[C@H](N)c1noc([C@H](CCC(=O)O)NC(=O)N2CCCC2C(=O)O)n1. The van der Waals surface area contributed by atoms with Gasteiger partial charge in [0.05, 0.1) is 6.04 Å². The van der Waals surface area contributed by atoms with Crippen LogP contribution >= 0.6 is 0 Å². The number of nitrogens with zero attached hydrogens (tertiary/aromatic N) is 4. The van der Waals surface area contributed by atoms with Crippen LogP contribution < -0.4 is 22.5 Å². The van der Waals surface area contributed by atoms with Crippen LogP contribution in [0.5, 0.6) is 0 Å². The zero-order valence-electron chi connectivity index (χ0n) is 16.9. The molecule has 14 heteroatoms. The number of carboxylic acids is 2. The topological polar surface area (TPSA) is 236 Å². The van der Waals surface area contributed by atoms with E-state index in [2.05, 4.69) is 20.4 Å². The van der Waals surface area contributed by atoms with Crippen molar-refractivity contribution >= 4 is 23.9 Å². The molecule has 172 valence electrons. The quantitative estimate of drug-likeness (QED) is 0.143. The molecule has 0 aromatic carbocycles. The van der Waals surface area contributed by atoms with Crippen LogP contribution in [0.2, 0.25) is 0 Å². The number of nitrogens with one attached hydrogen (secondary N) is 1. The van der Waals surface area contributed by atoms with Crippen molar-refractivity contribution in [3.63, 3.8) is 0 Å². The number of carbonyl (C=O) groups is 3. The average Bonchev–Trinajstić information content (AvgIpc) is 3.37. The van der Waals surface area contributed by atoms with E-state index in [1.807, 2.05) is 0 Å². The van der Waals surface area contributed by atoms with Gasteiger partial charge in [-0.1, -0.05) is 5.16 Å². The molecule has 0 spiro atoms. The van der Waals surface area contributed by atoms with E-state index < -0.39 is 36.1 Å². The van der Waals surface area contributed by atoms with Crippen molar-refractivity contribution in [2.75, 3.05) is 13.1 Å². The van der Waals surface area contributed by atoms with Gasteiger partial charge in [0.1, 0.15) is 12.1 Å². The van der Waals surface area contributed by atoms with Gasteiger partial charge in [0.2, 0.25) is 5.89 Å². The van der Waals surface area contributed by atoms with Gasteiger partial charge in [0, 0.05) is 19.5 Å². The minimum Gasteiger partial charge on any atom is -0.481 e. The highest BCUT2D eigenvalue weighted by Gasteiger charge is 2.35. The van der Waals surface area contributed by atoms with E-state index in [-0.39, 0.29) is 37.1 Å². The molecule has 31 heavy (non-hydrogen) atoms. The van der Waals surface area contributed by atoms with Crippen LogP contribution in [0.25, 0.3) is 0 Å². The van der Waals surface area contributed by atoms with Crippen LogP contribution in [0.4, 0.5) is 4.79 Å². The fourth-order valence-electron chi connectivity index (χ4n) is 3.21. The summed E-state index contributed by atoms with van der Waals surface area (Å²) in [6, 6.07) is -3.05. The van der Waals surface area contributed by atoms with Gasteiger partial charge in [-0.2, -0.15) is 4.98 Å². The largest absolute Gasteiger partial charge is 0.481 e. The molecule has 3 atom stereocenters. The number of guanidine groups is 1.